The third kappa shape index (κ3) is 2.76. The summed E-state index contributed by atoms with van der Waals surface area (Å²) in [5.74, 6) is 0. The zero-order valence-corrected chi connectivity index (χ0v) is 11.9. The summed E-state index contributed by atoms with van der Waals surface area (Å²) >= 11 is 0. The third-order valence-corrected chi connectivity index (χ3v) is 3.71. The molecule has 108 valence electrons. The number of ether oxygens (including phenoxy) is 1. The van der Waals surface area contributed by atoms with Crippen LogP contribution in [-0.4, -0.2) is 24.7 Å². The molecule has 1 fully saturated rings. The highest BCUT2D eigenvalue weighted by Gasteiger charge is 2.23. The van der Waals surface area contributed by atoms with E-state index in [1.54, 1.807) is 18.5 Å². The Morgan fingerprint density at radius 2 is 2.14 bits per heavy atom. The lowest BCUT2D eigenvalue weighted by Gasteiger charge is -2.35. The molecule has 1 aliphatic rings. The zero-order chi connectivity index (χ0) is 15.4. The first-order valence-electron chi connectivity index (χ1n) is 7.02. The fraction of sp³-hybridized carbons (Fsp3) is 0.235. The number of nitriles is 2. The van der Waals surface area contributed by atoms with Gasteiger partial charge in [-0.15, -0.1) is 0 Å². The van der Waals surface area contributed by atoms with E-state index < -0.39 is 0 Å². The molecule has 0 saturated carbocycles. The number of aromatic nitrogens is 1. The Labute approximate surface area is 129 Å². The van der Waals surface area contributed by atoms with Crippen molar-refractivity contribution in [1.82, 2.24) is 4.98 Å². The van der Waals surface area contributed by atoms with Gasteiger partial charge >= 0.3 is 0 Å². The van der Waals surface area contributed by atoms with Crippen LogP contribution < -0.4 is 4.90 Å². The first kappa shape index (κ1) is 14.1. The fourth-order valence-electron chi connectivity index (χ4n) is 2.63. The van der Waals surface area contributed by atoms with Crippen molar-refractivity contribution in [2.75, 3.05) is 24.6 Å². The smallest absolute Gasteiger partial charge is 0.103 e. The summed E-state index contributed by atoms with van der Waals surface area (Å²) in [5.41, 5.74) is 3.05. The van der Waals surface area contributed by atoms with Gasteiger partial charge in [-0.05, 0) is 23.8 Å². The van der Waals surface area contributed by atoms with Crippen molar-refractivity contribution in [2.45, 2.75) is 6.10 Å². The van der Waals surface area contributed by atoms with Crippen LogP contribution in [0.15, 0.2) is 42.7 Å². The molecule has 5 heteroatoms. The zero-order valence-electron chi connectivity index (χ0n) is 11.9. The van der Waals surface area contributed by atoms with Crippen molar-refractivity contribution in [3.8, 4) is 12.1 Å². The van der Waals surface area contributed by atoms with E-state index in [1.807, 2.05) is 24.3 Å². The van der Waals surface area contributed by atoms with E-state index in [0.717, 1.165) is 17.8 Å². The Kier molecular flexibility index (Phi) is 4.00. The number of morpholine rings is 1. The van der Waals surface area contributed by atoms with Crippen molar-refractivity contribution in [3.05, 3.63) is 59.4 Å². The van der Waals surface area contributed by atoms with Crippen LogP contribution in [0.5, 0.6) is 0 Å². The second-order valence-electron chi connectivity index (χ2n) is 5.05. The van der Waals surface area contributed by atoms with Crippen LogP contribution in [0.1, 0.15) is 22.8 Å². The van der Waals surface area contributed by atoms with Crippen molar-refractivity contribution in [1.29, 1.82) is 10.5 Å². The van der Waals surface area contributed by atoms with Crippen molar-refractivity contribution < 1.29 is 4.74 Å². The quantitative estimate of drug-likeness (QED) is 0.849. The van der Waals surface area contributed by atoms with Crippen LogP contribution >= 0.6 is 0 Å². The van der Waals surface area contributed by atoms with Crippen LogP contribution in [-0.2, 0) is 4.74 Å². The standard InChI is InChI=1S/C17H14N4O/c18-9-13-2-1-3-14(8-13)17-12-21(6-7-22-17)16-4-5-20-11-15(16)10-19/h1-5,8,11,17H,6-7,12H2. The Balaban J connectivity index is 1.85. The molecule has 1 aromatic carbocycles. The first-order valence-corrected chi connectivity index (χ1v) is 7.02. The van der Waals surface area contributed by atoms with Gasteiger partial charge in [-0.25, -0.2) is 0 Å². The Hall–Kier alpha value is -2.89. The van der Waals surface area contributed by atoms with Crippen LogP contribution in [0.4, 0.5) is 5.69 Å². The summed E-state index contributed by atoms with van der Waals surface area (Å²) < 4.78 is 5.84. The van der Waals surface area contributed by atoms with Crippen LogP contribution in [0.3, 0.4) is 0 Å². The maximum atomic E-state index is 9.22. The van der Waals surface area contributed by atoms with E-state index in [0.29, 0.717) is 24.3 Å². The van der Waals surface area contributed by atoms with Gasteiger partial charge in [0, 0.05) is 25.5 Å². The monoisotopic (exact) mass is 290 g/mol. The lowest BCUT2D eigenvalue weighted by Crippen LogP contribution is -2.38. The maximum Gasteiger partial charge on any atom is 0.103 e. The van der Waals surface area contributed by atoms with Crippen molar-refractivity contribution in [3.63, 3.8) is 0 Å². The van der Waals surface area contributed by atoms with Gasteiger partial charge in [-0.3, -0.25) is 4.98 Å². The van der Waals surface area contributed by atoms with Crippen molar-refractivity contribution >= 4 is 5.69 Å². The summed E-state index contributed by atoms with van der Waals surface area (Å²) in [6, 6.07) is 13.6. The molecule has 1 unspecified atom stereocenters. The molecular formula is C17H14N4O. The van der Waals surface area contributed by atoms with Crippen molar-refractivity contribution in [2.24, 2.45) is 0 Å². The molecule has 0 aliphatic carbocycles. The van der Waals surface area contributed by atoms with Crippen LogP contribution in [0, 0.1) is 22.7 Å². The van der Waals surface area contributed by atoms with E-state index >= 15 is 0 Å². The van der Waals surface area contributed by atoms with Gasteiger partial charge in [0.05, 0.1) is 29.5 Å². The highest BCUT2D eigenvalue weighted by Crippen LogP contribution is 2.28. The minimum Gasteiger partial charge on any atom is -0.370 e. The predicted molar refractivity (Wildman–Crippen MR) is 81.0 cm³/mol. The molecule has 2 aromatic rings. The van der Waals surface area contributed by atoms with E-state index in [2.05, 4.69) is 22.0 Å². The van der Waals surface area contributed by atoms with E-state index in [9.17, 15) is 5.26 Å². The fourth-order valence-corrected chi connectivity index (χ4v) is 2.63. The molecule has 5 nitrogen and oxygen atoms in total. The molecule has 3 rings (SSSR count). The van der Waals surface area contributed by atoms with Crippen LogP contribution in [0.2, 0.25) is 0 Å². The second kappa shape index (κ2) is 6.26. The average Bonchev–Trinajstić information content (AvgIpc) is 2.62. The summed E-state index contributed by atoms with van der Waals surface area (Å²) in [4.78, 5) is 6.13. The molecular weight excluding hydrogens is 276 g/mol. The van der Waals surface area contributed by atoms with Gasteiger partial charge in [0.2, 0.25) is 0 Å². The molecule has 22 heavy (non-hydrogen) atoms. The van der Waals surface area contributed by atoms with Gasteiger partial charge in [0.15, 0.2) is 0 Å². The summed E-state index contributed by atoms with van der Waals surface area (Å²) in [5, 5.41) is 18.2. The SMILES string of the molecule is N#Cc1cccc(C2CN(c3ccncc3C#N)CCO2)c1. The number of hydrogen-bond donors (Lipinski definition) is 0. The Morgan fingerprint density at radius 3 is 2.95 bits per heavy atom. The lowest BCUT2D eigenvalue weighted by atomic mass is 10.0. The number of benzene rings is 1. The van der Waals surface area contributed by atoms with Gasteiger partial charge in [0.1, 0.15) is 12.2 Å². The lowest BCUT2D eigenvalue weighted by molar-refractivity contribution is 0.0397. The van der Waals surface area contributed by atoms with Gasteiger partial charge in [-0.1, -0.05) is 12.1 Å². The minimum atomic E-state index is -0.109. The average molecular weight is 290 g/mol. The number of nitrogens with zero attached hydrogens (tertiary/aromatic N) is 4. The largest absolute Gasteiger partial charge is 0.370 e. The van der Waals surface area contributed by atoms with Crippen LogP contribution in [0.25, 0.3) is 0 Å². The maximum absolute atomic E-state index is 9.22. The topological polar surface area (TPSA) is 72.9 Å². The minimum absolute atomic E-state index is 0.109. The molecule has 0 N–H and O–H groups in total. The molecule has 0 amide bonds. The third-order valence-electron chi connectivity index (χ3n) is 3.71. The normalized spacial score (nSPS) is 17.5. The summed E-state index contributed by atoms with van der Waals surface area (Å²) in [7, 11) is 0. The Bertz CT molecular complexity index is 760. The summed E-state index contributed by atoms with van der Waals surface area (Å²) in [6.07, 6.45) is 3.16. The molecule has 1 aliphatic heterocycles. The number of anilines is 1. The van der Waals surface area contributed by atoms with Gasteiger partial charge in [0.25, 0.3) is 0 Å². The highest BCUT2D eigenvalue weighted by molar-refractivity contribution is 5.58. The number of rotatable bonds is 2. The van der Waals surface area contributed by atoms with E-state index in [1.165, 1.54) is 0 Å². The first-order chi connectivity index (χ1) is 10.8. The number of pyridine rings is 1. The molecule has 2 heterocycles. The molecule has 1 atom stereocenters. The van der Waals surface area contributed by atoms with E-state index in [-0.39, 0.29) is 6.10 Å². The van der Waals surface area contributed by atoms with Gasteiger partial charge in [-0.2, -0.15) is 10.5 Å². The molecule has 0 spiro atoms. The highest BCUT2D eigenvalue weighted by atomic mass is 16.5. The van der Waals surface area contributed by atoms with Gasteiger partial charge < -0.3 is 9.64 Å². The second-order valence-corrected chi connectivity index (χ2v) is 5.05. The molecule has 1 aromatic heterocycles. The predicted octanol–water partition coefficient (Wildman–Crippen LogP) is 2.40. The Morgan fingerprint density at radius 1 is 1.23 bits per heavy atom. The molecule has 0 bridgehead atoms. The molecule has 0 radical (unpaired) electrons. The van der Waals surface area contributed by atoms with E-state index in [4.69, 9.17) is 10.00 Å². The number of hydrogen-bond acceptors (Lipinski definition) is 5. The summed E-state index contributed by atoms with van der Waals surface area (Å²) in [6.45, 7) is 1.95. The molecule has 1 saturated heterocycles.